The lowest BCUT2D eigenvalue weighted by Gasteiger charge is -2.12. The molecule has 12 heteroatoms. The van der Waals surface area contributed by atoms with Gasteiger partial charge in [0.25, 0.3) is 0 Å². The molecule has 5 aromatic rings. The van der Waals surface area contributed by atoms with Crippen LogP contribution in [0.1, 0.15) is 11.1 Å². The lowest BCUT2D eigenvalue weighted by Crippen LogP contribution is -2.20. The first kappa shape index (κ1) is 26.6. The molecule has 5 rings (SSSR count). The van der Waals surface area contributed by atoms with Crippen molar-refractivity contribution in [3.05, 3.63) is 95.9 Å². The molecule has 2 aromatic heterocycles. The van der Waals surface area contributed by atoms with Crippen molar-refractivity contribution in [3.63, 3.8) is 0 Å². The standard InChI is InChI=1S/C28H23F4N7O/c1-39-25-21(16-34-26(37-25)33-14-13-17-5-3-2-4-6-17)24(38-39)18-7-10-20(11-8-18)35-27(40)36-23-15-19(28(30,31)32)9-12-22(23)29/h2-12,15-16H,13-14H2,1H3,(H,33,34,37)(H2,35,36,40). The molecular weight excluding hydrogens is 526 g/mol. The van der Waals surface area contributed by atoms with Crippen LogP contribution >= 0.6 is 0 Å². The molecule has 0 fully saturated rings. The number of fused-ring (bicyclic) bond motifs is 1. The Bertz CT molecular complexity index is 1650. The molecule has 0 spiro atoms. The Hall–Kier alpha value is -5.00. The maximum Gasteiger partial charge on any atom is 0.416 e. The van der Waals surface area contributed by atoms with E-state index in [1.807, 2.05) is 18.2 Å². The van der Waals surface area contributed by atoms with Gasteiger partial charge in [-0.05, 0) is 42.3 Å². The molecule has 2 heterocycles. The lowest BCUT2D eigenvalue weighted by molar-refractivity contribution is -0.137. The number of carbonyl (C=O) groups excluding carboxylic acids is 1. The summed E-state index contributed by atoms with van der Waals surface area (Å²) in [6.45, 7) is 0.669. The highest BCUT2D eigenvalue weighted by atomic mass is 19.4. The predicted molar refractivity (Wildman–Crippen MR) is 144 cm³/mol. The summed E-state index contributed by atoms with van der Waals surface area (Å²) in [5, 5.41) is 13.1. The quantitative estimate of drug-likeness (QED) is 0.202. The average Bonchev–Trinajstić information content (AvgIpc) is 3.26. The molecular formula is C28H23F4N7O. The molecule has 3 N–H and O–H groups in total. The molecule has 0 radical (unpaired) electrons. The number of amides is 2. The summed E-state index contributed by atoms with van der Waals surface area (Å²) in [6, 6.07) is 17.6. The van der Waals surface area contributed by atoms with Crippen molar-refractivity contribution in [2.75, 3.05) is 22.5 Å². The van der Waals surface area contributed by atoms with E-state index in [-0.39, 0.29) is 0 Å². The number of aryl methyl sites for hydroxylation is 1. The minimum atomic E-state index is -4.67. The first-order valence-electron chi connectivity index (χ1n) is 12.2. The maximum absolute atomic E-state index is 14.0. The Morgan fingerprint density at radius 2 is 1.73 bits per heavy atom. The summed E-state index contributed by atoms with van der Waals surface area (Å²) < 4.78 is 54.4. The van der Waals surface area contributed by atoms with Gasteiger partial charge in [-0.1, -0.05) is 42.5 Å². The second kappa shape index (κ2) is 11.0. The van der Waals surface area contributed by atoms with E-state index in [9.17, 15) is 22.4 Å². The zero-order valence-electron chi connectivity index (χ0n) is 21.1. The van der Waals surface area contributed by atoms with Crippen molar-refractivity contribution in [3.8, 4) is 11.3 Å². The van der Waals surface area contributed by atoms with Crippen LogP contribution in [0.5, 0.6) is 0 Å². The number of nitrogens with zero attached hydrogens (tertiary/aromatic N) is 4. The summed E-state index contributed by atoms with van der Waals surface area (Å²) in [5.74, 6) is -0.502. The number of urea groups is 1. The first-order chi connectivity index (χ1) is 19.2. The van der Waals surface area contributed by atoms with Crippen molar-refractivity contribution < 1.29 is 22.4 Å². The van der Waals surface area contributed by atoms with Crippen LogP contribution in [0.2, 0.25) is 0 Å². The van der Waals surface area contributed by atoms with Crippen molar-refractivity contribution in [1.82, 2.24) is 19.7 Å². The fraction of sp³-hybridized carbons (Fsp3) is 0.143. The summed E-state index contributed by atoms with van der Waals surface area (Å²) in [4.78, 5) is 21.3. The van der Waals surface area contributed by atoms with E-state index in [4.69, 9.17) is 0 Å². The third-order valence-corrected chi connectivity index (χ3v) is 6.08. The second-order valence-corrected chi connectivity index (χ2v) is 8.91. The van der Waals surface area contributed by atoms with Gasteiger partial charge in [-0.3, -0.25) is 0 Å². The molecule has 204 valence electrons. The highest BCUT2D eigenvalue weighted by Crippen LogP contribution is 2.32. The number of hydrogen-bond acceptors (Lipinski definition) is 5. The van der Waals surface area contributed by atoms with Gasteiger partial charge in [0.15, 0.2) is 5.65 Å². The third kappa shape index (κ3) is 6.01. The highest BCUT2D eigenvalue weighted by Gasteiger charge is 2.31. The van der Waals surface area contributed by atoms with Gasteiger partial charge in [0.2, 0.25) is 5.95 Å². The molecule has 0 saturated heterocycles. The summed E-state index contributed by atoms with van der Waals surface area (Å²) in [6.07, 6.45) is -2.15. The number of alkyl halides is 3. The predicted octanol–water partition coefficient (Wildman–Crippen LogP) is 6.49. The monoisotopic (exact) mass is 549 g/mol. The Morgan fingerprint density at radius 1 is 0.975 bits per heavy atom. The van der Waals surface area contributed by atoms with Gasteiger partial charge in [0.1, 0.15) is 11.5 Å². The molecule has 0 aliphatic heterocycles. The molecule has 0 bridgehead atoms. The second-order valence-electron chi connectivity index (χ2n) is 8.91. The smallest absolute Gasteiger partial charge is 0.354 e. The topological polar surface area (TPSA) is 96.8 Å². The van der Waals surface area contributed by atoms with E-state index >= 15 is 0 Å². The van der Waals surface area contributed by atoms with E-state index in [1.165, 1.54) is 5.56 Å². The van der Waals surface area contributed by atoms with Crippen molar-refractivity contribution in [1.29, 1.82) is 0 Å². The number of halogens is 4. The van der Waals surface area contributed by atoms with E-state index in [2.05, 4.69) is 43.1 Å². The fourth-order valence-electron chi connectivity index (χ4n) is 4.09. The van der Waals surface area contributed by atoms with Gasteiger partial charge in [-0.25, -0.2) is 18.9 Å². The molecule has 0 atom stereocenters. The zero-order chi connectivity index (χ0) is 28.3. The van der Waals surface area contributed by atoms with Gasteiger partial charge < -0.3 is 16.0 Å². The van der Waals surface area contributed by atoms with Crippen molar-refractivity contribution >= 4 is 34.4 Å². The normalized spacial score (nSPS) is 11.4. The SMILES string of the molecule is Cn1nc(-c2ccc(NC(=O)Nc3cc(C(F)(F)F)ccc3F)cc2)c2cnc(NCCc3ccccc3)nc21. The number of aromatic nitrogens is 4. The third-order valence-electron chi connectivity index (χ3n) is 6.08. The molecule has 0 unspecified atom stereocenters. The van der Waals surface area contributed by atoms with E-state index in [0.29, 0.717) is 47.7 Å². The Labute approximate surface area is 226 Å². The average molecular weight is 550 g/mol. The maximum atomic E-state index is 14.0. The fourth-order valence-corrected chi connectivity index (χ4v) is 4.09. The Kier molecular flexibility index (Phi) is 7.32. The molecule has 40 heavy (non-hydrogen) atoms. The Morgan fingerprint density at radius 3 is 2.45 bits per heavy atom. The summed E-state index contributed by atoms with van der Waals surface area (Å²) >= 11 is 0. The molecule has 3 aromatic carbocycles. The summed E-state index contributed by atoms with van der Waals surface area (Å²) in [7, 11) is 1.78. The number of carbonyl (C=O) groups is 1. The number of nitrogens with one attached hydrogen (secondary N) is 3. The minimum absolute atomic E-state index is 0.343. The number of benzene rings is 3. The molecule has 8 nitrogen and oxygen atoms in total. The van der Waals surface area contributed by atoms with E-state index < -0.39 is 29.3 Å². The molecule has 2 amide bonds. The number of anilines is 3. The van der Waals surface area contributed by atoms with Gasteiger partial charge in [0, 0.05) is 31.0 Å². The summed E-state index contributed by atoms with van der Waals surface area (Å²) in [5.41, 5.74) is 1.89. The molecule has 0 saturated carbocycles. The number of hydrogen-bond donors (Lipinski definition) is 3. The lowest BCUT2D eigenvalue weighted by atomic mass is 10.1. The molecule has 0 aliphatic rings. The van der Waals surface area contributed by atoms with Crippen LogP contribution in [-0.2, 0) is 19.6 Å². The highest BCUT2D eigenvalue weighted by molar-refractivity contribution is 6.00. The van der Waals surface area contributed by atoms with Gasteiger partial charge in [0.05, 0.1) is 16.6 Å². The van der Waals surface area contributed by atoms with Crippen molar-refractivity contribution in [2.24, 2.45) is 7.05 Å². The van der Waals surface area contributed by atoms with Crippen molar-refractivity contribution in [2.45, 2.75) is 12.6 Å². The Balaban J connectivity index is 1.25. The van der Waals surface area contributed by atoms with Crippen LogP contribution in [0, 0.1) is 5.82 Å². The van der Waals surface area contributed by atoms with Crippen LogP contribution in [-0.4, -0.2) is 32.3 Å². The number of rotatable bonds is 7. The van der Waals surface area contributed by atoms with Crippen LogP contribution in [0.25, 0.3) is 22.3 Å². The minimum Gasteiger partial charge on any atom is -0.354 e. The van der Waals surface area contributed by atoms with Crippen LogP contribution in [0.3, 0.4) is 0 Å². The van der Waals surface area contributed by atoms with Gasteiger partial charge in [-0.2, -0.15) is 23.3 Å². The molecule has 0 aliphatic carbocycles. The van der Waals surface area contributed by atoms with Gasteiger partial charge in [-0.15, -0.1) is 0 Å². The van der Waals surface area contributed by atoms with E-state index in [1.54, 1.807) is 42.2 Å². The van der Waals surface area contributed by atoms with Crippen LogP contribution in [0.4, 0.5) is 39.7 Å². The largest absolute Gasteiger partial charge is 0.416 e. The van der Waals surface area contributed by atoms with Gasteiger partial charge >= 0.3 is 12.2 Å². The van der Waals surface area contributed by atoms with Crippen LogP contribution in [0.15, 0.2) is 79.0 Å². The van der Waals surface area contributed by atoms with Crippen LogP contribution < -0.4 is 16.0 Å². The first-order valence-corrected chi connectivity index (χ1v) is 12.2. The zero-order valence-corrected chi connectivity index (χ0v) is 21.1. The van der Waals surface area contributed by atoms with E-state index in [0.717, 1.165) is 17.4 Å².